The summed E-state index contributed by atoms with van der Waals surface area (Å²) in [7, 11) is -3.48. The van der Waals surface area contributed by atoms with Crippen LogP contribution in [0.5, 0.6) is 0 Å². The second-order valence-corrected chi connectivity index (χ2v) is 8.55. The normalized spacial score (nSPS) is 12.3. The van der Waals surface area contributed by atoms with Crippen LogP contribution in [0.25, 0.3) is 0 Å². The molecule has 1 N–H and O–H groups in total. The topological polar surface area (TPSA) is 72.5 Å². The summed E-state index contributed by atoms with van der Waals surface area (Å²) >= 11 is 1.09. The fourth-order valence-corrected chi connectivity index (χ4v) is 3.16. The first kappa shape index (κ1) is 16.0. The summed E-state index contributed by atoms with van der Waals surface area (Å²) in [5.41, 5.74) is 0.704. The molecule has 0 aliphatic heterocycles. The molecule has 0 bridgehead atoms. The summed E-state index contributed by atoms with van der Waals surface area (Å²) < 4.78 is 30.5. The molecule has 0 aromatic carbocycles. The van der Waals surface area contributed by atoms with Gasteiger partial charge in [0.1, 0.15) is 9.88 Å². The number of sulfonamides is 1. The Hall–Kier alpha value is -1.08. The van der Waals surface area contributed by atoms with Gasteiger partial charge in [-0.15, -0.1) is 11.3 Å². The molecule has 0 saturated carbocycles. The van der Waals surface area contributed by atoms with E-state index in [1.165, 1.54) is 0 Å². The van der Waals surface area contributed by atoms with Crippen molar-refractivity contribution in [1.82, 2.24) is 0 Å². The van der Waals surface area contributed by atoms with Crippen molar-refractivity contribution in [3.8, 4) is 0 Å². The summed E-state index contributed by atoms with van der Waals surface area (Å²) in [4.78, 5) is 12.1. The van der Waals surface area contributed by atoms with E-state index in [2.05, 4.69) is 4.72 Å². The van der Waals surface area contributed by atoms with Crippen LogP contribution in [0.1, 0.15) is 42.9 Å². The predicted molar refractivity (Wildman–Crippen MR) is 77.3 cm³/mol. The minimum absolute atomic E-state index is 0.291. The lowest BCUT2D eigenvalue weighted by Gasteiger charge is -2.19. The zero-order valence-electron chi connectivity index (χ0n) is 11.7. The second-order valence-electron chi connectivity index (χ2n) is 5.06. The highest BCUT2D eigenvalue weighted by Crippen LogP contribution is 2.30. The lowest BCUT2D eigenvalue weighted by molar-refractivity contribution is 0.0531. The van der Waals surface area contributed by atoms with E-state index in [4.69, 9.17) is 4.74 Å². The van der Waals surface area contributed by atoms with Gasteiger partial charge >= 0.3 is 5.97 Å². The fourth-order valence-electron chi connectivity index (χ4n) is 1.22. The van der Waals surface area contributed by atoms with Crippen LogP contribution < -0.4 is 4.72 Å². The fraction of sp³-hybridized carbons (Fsp3) is 0.583. The number of rotatable bonds is 4. The molecule has 1 aromatic rings. The van der Waals surface area contributed by atoms with E-state index in [1.807, 2.05) is 0 Å². The number of carbonyl (C=O) groups is 1. The van der Waals surface area contributed by atoms with Gasteiger partial charge in [0.15, 0.2) is 0 Å². The van der Waals surface area contributed by atoms with Gasteiger partial charge in [-0.2, -0.15) is 0 Å². The smallest absolute Gasteiger partial charge is 0.348 e. The number of hydrogen-bond donors (Lipinski definition) is 1. The maximum absolute atomic E-state index is 12.0. The average Bonchev–Trinajstić information content (AvgIpc) is 2.57. The molecule has 0 aliphatic carbocycles. The van der Waals surface area contributed by atoms with Crippen molar-refractivity contribution < 1.29 is 17.9 Å². The van der Waals surface area contributed by atoms with Gasteiger partial charge in [-0.25, -0.2) is 13.2 Å². The van der Waals surface area contributed by atoms with Crippen molar-refractivity contribution >= 4 is 32.3 Å². The Morgan fingerprint density at radius 3 is 2.47 bits per heavy atom. The number of thiophene rings is 1. The van der Waals surface area contributed by atoms with E-state index >= 15 is 0 Å². The van der Waals surface area contributed by atoms with Crippen LogP contribution in [0.3, 0.4) is 0 Å². The average molecular weight is 305 g/mol. The van der Waals surface area contributed by atoms with Crippen molar-refractivity contribution in [3.05, 3.63) is 16.5 Å². The van der Waals surface area contributed by atoms with E-state index in [0.717, 1.165) is 11.3 Å². The molecular formula is C12H19NO4S2. The number of ether oxygens (including phenoxy) is 1. The molecule has 0 amide bonds. The van der Waals surface area contributed by atoms with Gasteiger partial charge in [-0.3, -0.25) is 4.72 Å². The number of hydrogen-bond acceptors (Lipinski definition) is 5. The van der Waals surface area contributed by atoms with E-state index in [1.54, 1.807) is 40.7 Å². The maximum Gasteiger partial charge on any atom is 0.348 e. The number of aryl methyl sites for hydroxylation is 1. The van der Waals surface area contributed by atoms with Crippen LogP contribution in [0.4, 0.5) is 5.00 Å². The van der Waals surface area contributed by atoms with E-state index in [0.29, 0.717) is 22.0 Å². The van der Waals surface area contributed by atoms with Gasteiger partial charge in [0.25, 0.3) is 0 Å². The summed E-state index contributed by atoms with van der Waals surface area (Å²) in [6.07, 6.45) is 0. The van der Waals surface area contributed by atoms with Crippen LogP contribution in [0, 0.1) is 6.92 Å². The van der Waals surface area contributed by atoms with Crippen molar-refractivity contribution in [3.63, 3.8) is 0 Å². The zero-order valence-corrected chi connectivity index (χ0v) is 13.4. The van der Waals surface area contributed by atoms with Crippen LogP contribution >= 0.6 is 11.3 Å². The highest BCUT2D eigenvalue weighted by Gasteiger charge is 2.30. The molecule has 0 fully saturated rings. The first-order valence-electron chi connectivity index (χ1n) is 5.88. The molecule has 0 unspecified atom stereocenters. The Morgan fingerprint density at radius 1 is 1.42 bits per heavy atom. The third kappa shape index (κ3) is 3.70. The monoisotopic (exact) mass is 305 g/mol. The van der Waals surface area contributed by atoms with Crippen LogP contribution in [-0.2, 0) is 14.8 Å². The highest BCUT2D eigenvalue weighted by molar-refractivity contribution is 7.94. The predicted octanol–water partition coefficient (Wildman–Crippen LogP) is 2.77. The second kappa shape index (κ2) is 5.50. The Balaban J connectivity index is 3.01. The minimum Gasteiger partial charge on any atom is -0.462 e. The first-order valence-corrected chi connectivity index (χ1v) is 8.18. The molecule has 5 nitrogen and oxygen atoms in total. The van der Waals surface area contributed by atoms with Gasteiger partial charge in [0.05, 0.1) is 11.4 Å². The summed E-state index contributed by atoms with van der Waals surface area (Å²) in [6, 6.07) is 1.64. The Morgan fingerprint density at radius 2 is 2.00 bits per heavy atom. The van der Waals surface area contributed by atoms with Crippen LogP contribution in [0.2, 0.25) is 0 Å². The lowest BCUT2D eigenvalue weighted by Crippen LogP contribution is -2.33. The van der Waals surface area contributed by atoms with Gasteiger partial charge in [-0.1, -0.05) is 0 Å². The molecule has 19 heavy (non-hydrogen) atoms. The molecule has 0 atom stereocenters. The van der Waals surface area contributed by atoms with Crippen molar-refractivity contribution in [1.29, 1.82) is 0 Å². The largest absolute Gasteiger partial charge is 0.462 e. The van der Waals surface area contributed by atoms with E-state index in [-0.39, 0.29) is 0 Å². The highest BCUT2D eigenvalue weighted by atomic mass is 32.2. The molecule has 0 saturated heterocycles. The Kier molecular flexibility index (Phi) is 4.63. The van der Waals surface area contributed by atoms with Gasteiger partial charge < -0.3 is 4.74 Å². The van der Waals surface area contributed by atoms with E-state index < -0.39 is 20.7 Å². The number of anilines is 1. The first-order chi connectivity index (χ1) is 8.58. The standard InChI is InChI=1S/C12H19NO4S2/c1-6-17-11(14)10-8(2)7-9(18-10)13-19(15,16)12(3,4)5/h7,13H,6H2,1-5H3. The summed E-state index contributed by atoms with van der Waals surface area (Å²) in [5, 5.41) is 0.426. The molecule has 0 radical (unpaired) electrons. The maximum atomic E-state index is 12.0. The van der Waals surface area contributed by atoms with E-state index in [9.17, 15) is 13.2 Å². The molecule has 1 heterocycles. The van der Waals surface area contributed by atoms with Crippen LogP contribution in [0.15, 0.2) is 6.07 Å². The Labute approximate surface area is 118 Å². The lowest BCUT2D eigenvalue weighted by atomic mass is 10.3. The van der Waals surface area contributed by atoms with Gasteiger partial charge in [0.2, 0.25) is 10.0 Å². The Bertz CT molecular complexity index is 567. The molecule has 0 spiro atoms. The molecular weight excluding hydrogens is 286 g/mol. The van der Waals surface area contributed by atoms with Crippen molar-refractivity contribution in [2.75, 3.05) is 11.3 Å². The van der Waals surface area contributed by atoms with Crippen LogP contribution in [-0.4, -0.2) is 25.7 Å². The molecule has 1 rings (SSSR count). The number of carbonyl (C=O) groups excluding carboxylic acids is 1. The third-order valence-corrected chi connectivity index (χ3v) is 5.78. The van der Waals surface area contributed by atoms with Crippen molar-refractivity contribution in [2.45, 2.75) is 39.4 Å². The third-order valence-electron chi connectivity index (χ3n) is 2.42. The van der Waals surface area contributed by atoms with Crippen molar-refractivity contribution in [2.24, 2.45) is 0 Å². The summed E-state index contributed by atoms with van der Waals surface area (Å²) in [6.45, 7) is 8.60. The summed E-state index contributed by atoms with van der Waals surface area (Å²) in [5.74, 6) is -0.425. The quantitative estimate of drug-likeness (QED) is 0.868. The number of nitrogens with one attached hydrogen (secondary N) is 1. The number of esters is 1. The minimum atomic E-state index is -3.48. The SMILES string of the molecule is CCOC(=O)c1sc(NS(=O)(=O)C(C)(C)C)cc1C. The molecule has 7 heteroatoms. The molecule has 1 aromatic heterocycles. The molecule has 108 valence electrons. The van der Waals surface area contributed by atoms with Gasteiger partial charge in [-0.05, 0) is 46.2 Å². The molecule has 0 aliphatic rings. The zero-order chi connectivity index (χ0) is 14.8. The van der Waals surface area contributed by atoms with Gasteiger partial charge in [0, 0.05) is 0 Å².